The molecule has 122 valence electrons. The van der Waals surface area contributed by atoms with E-state index in [9.17, 15) is 9.59 Å². The Kier molecular flexibility index (Phi) is 4.40. The van der Waals surface area contributed by atoms with E-state index in [1.807, 2.05) is 19.1 Å². The second-order valence-electron chi connectivity index (χ2n) is 5.46. The summed E-state index contributed by atoms with van der Waals surface area (Å²) in [6.45, 7) is 3.96. The molecule has 24 heavy (non-hydrogen) atoms. The van der Waals surface area contributed by atoms with Gasteiger partial charge in [0.05, 0.1) is 23.4 Å². The number of pyridine rings is 1. The van der Waals surface area contributed by atoms with E-state index in [1.165, 1.54) is 0 Å². The molecule has 0 radical (unpaired) electrons. The Labute approximate surface area is 144 Å². The fourth-order valence-electron chi connectivity index (χ4n) is 2.57. The van der Waals surface area contributed by atoms with Crippen molar-refractivity contribution in [3.63, 3.8) is 0 Å². The molecule has 1 aromatic carbocycles. The minimum Gasteiger partial charge on any atom is -0.462 e. The summed E-state index contributed by atoms with van der Waals surface area (Å²) in [4.78, 5) is 25.0. The zero-order chi connectivity index (χ0) is 17.3. The molecule has 3 aromatic rings. The van der Waals surface area contributed by atoms with Crippen LogP contribution < -0.4 is 0 Å². The zero-order valence-corrected chi connectivity index (χ0v) is 14.1. The maximum Gasteiger partial charge on any atom is 0.340 e. The molecule has 3 rings (SSSR count). The number of esters is 1. The van der Waals surface area contributed by atoms with Crippen LogP contribution in [-0.2, 0) is 4.74 Å². The summed E-state index contributed by atoms with van der Waals surface area (Å²) in [6, 6.07) is 12.2. The number of benzene rings is 1. The highest BCUT2D eigenvalue weighted by atomic mass is 35.5. The van der Waals surface area contributed by atoms with Crippen molar-refractivity contribution in [1.29, 1.82) is 0 Å². The van der Waals surface area contributed by atoms with Crippen molar-refractivity contribution in [2.45, 2.75) is 13.8 Å². The fraction of sp³-hybridized carbons (Fsp3) is 0.158. The van der Waals surface area contributed by atoms with Gasteiger partial charge < -0.3 is 9.14 Å². The molecule has 2 aromatic heterocycles. The number of nitrogens with zero attached hydrogens (tertiary/aromatic N) is 1. The second-order valence-corrected chi connectivity index (χ2v) is 5.90. The SMILES string of the molecule is CCOC(=O)c1cc(C(=O)c2ccc(C)cc2)n2ccc(Cl)cc12. The van der Waals surface area contributed by atoms with E-state index in [0.717, 1.165) is 5.56 Å². The lowest BCUT2D eigenvalue weighted by atomic mass is 10.1. The predicted molar refractivity (Wildman–Crippen MR) is 93.0 cm³/mol. The number of aromatic nitrogens is 1. The van der Waals surface area contributed by atoms with Crippen LogP contribution in [0.3, 0.4) is 0 Å². The summed E-state index contributed by atoms with van der Waals surface area (Å²) in [6.07, 6.45) is 1.68. The molecule has 0 aliphatic carbocycles. The Balaban J connectivity index is 2.15. The average molecular weight is 342 g/mol. The predicted octanol–water partition coefficient (Wildman–Crippen LogP) is 4.31. The minimum atomic E-state index is -0.472. The highest BCUT2D eigenvalue weighted by Gasteiger charge is 2.21. The lowest BCUT2D eigenvalue weighted by Crippen LogP contribution is -2.04. The summed E-state index contributed by atoms with van der Waals surface area (Å²) >= 11 is 6.05. The van der Waals surface area contributed by atoms with Crippen LogP contribution in [0.25, 0.3) is 5.52 Å². The summed E-state index contributed by atoms with van der Waals surface area (Å²) in [7, 11) is 0. The van der Waals surface area contributed by atoms with Gasteiger partial charge in [-0.25, -0.2) is 4.79 Å². The molecule has 2 heterocycles. The van der Waals surface area contributed by atoms with Gasteiger partial charge in [-0.15, -0.1) is 0 Å². The Morgan fingerprint density at radius 1 is 1.12 bits per heavy atom. The van der Waals surface area contributed by atoms with Crippen molar-refractivity contribution < 1.29 is 14.3 Å². The van der Waals surface area contributed by atoms with Crippen molar-refractivity contribution in [2.75, 3.05) is 6.61 Å². The van der Waals surface area contributed by atoms with Gasteiger partial charge in [-0.3, -0.25) is 4.79 Å². The number of carbonyl (C=O) groups excluding carboxylic acids is 2. The first kappa shape index (κ1) is 16.3. The van der Waals surface area contributed by atoms with Crippen LogP contribution in [0.2, 0.25) is 5.02 Å². The van der Waals surface area contributed by atoms with Crippen molar-refractivity contribution in [3.05, 3.63) is 76.1 Å². The minimum absolute atomic E-state index is 0.164. The van der Waals surface area contributed by atoms with Gasteiger partial charge in [0, 0.05) is 16.8 Å². The topological polar surface area (TPSA) is 47.8 Å². The third kappa shape index (κ3) is 2.93. The lowest BCUT2D eigenvalue weighted by molar-refractivity contribution is 0.0529. The summed E-state index contributed by atoms with van der Waals surface area (Å²) in [5.41, 5.74) is 2.91. The first-order valence-electron chi connectivity index (χ1n) is 7.60. The van der Waals surface area contributed by atoms with E-state index < -0.39 is 5.97 Å². The van der Waals surface area contributed by atoms with Crippen LogP contribution in [0, 0.1) is 6.92 Å². The molecule has 0 saturated heterocycles. The van der Waals surface area contributed by atoms with Crippen LogP contribution in [0.15, 0.2) is 48.7 Å². The quantitative estimate of drug-likeness (QED) is 0.525. The van der Waals surface area contributed by atoms with Gasteiger partial charge in [0.1, 0.15) is 0 Å². The number of fused-ring (bicyclic) bond motifs is 1. The number of aryl methyl sites for hydroxylation is 1. The number of hydrogen-bond donors (Lipinski definition) is 0. The van der Waals surface area contributed by atoms with Crippen LogP contribution >= 0.6 is 11.6 Å². The molecule has 0 unspecified atom stereocenters. The summed E-state index contributed by atoms with van der Waals surface area (Å²) < 4.78 is 6.75. The molecule has 0 spiro atoms. The second kappa shape index (κ2) is 6.49. The van der Waals surface area contributed by atoms with E-state index in [0.29, 0.717) is 27.4 Å². The highest BCUT2D eigenvalue weighted by Crippen LogP contribution is 2.24. The van der Waals surface area contributed by atoms with Gasteiger partial charge in [-0.2, -0.15) is 0 Å². The van der Waals surface area contributed by atoms with Crippen LogP contribution in [0.4, 0.5) is 0 Å². The van der Waals surface area contributed by atoms with Crippen LogP contribution in [0.5, 0.6) is 0 Å². The maximum atomic E-state index is 12.8. The maximum absolute atomic E-state index is 12.8. The number of ether oxygens (including phenoxy) is 1. The van der Waals surface area contributed by atoms with E-state index in [4.69, 9.17) is 16.3 Å². The van der Waals surface area contributed by atoms with Crippen molar-refractivity contribution in [3.8, 4) is 0 Å². The van der Waals surface area contributed by atoms with Gasteiger partial charge >= 0.3 is 5.97 Å². The van der Waals surface area contributed by atoms with Crippen molar-refractivity contribution in [2.24, 2.45) is 0 Å². The first-order chi connectivity index (χ1) is 11.5. The third-order valence-corrected chi connectivity index (χ3v) is 4.01. The Hall–Kier alpha value is -2.59. The molecule has 0 amide bonds. The molecule has 0 N–H and O–H groups in total. The fourth-order valence-corrected chi connectivity index (χ4v) is 2.73. The lowest BCUT2D eigenvalue weighted by Gasteiger charge is -2.04. The average Bonchev–Trinajstić information content (AvgIpc) is 2.94. The highest BCUT2D eigenvalue weighted by molar-refractivity contribution is 6.31. The number of hydrogen-bond acceptors (Lipinski definition) is 3. The molecule has 0 aliphatic rings. The van der Waals surface area contributed by atoms with Crippen molar-refractivity contribution in [1.82, 2.24) is 4.40 Å². The van der Waals surface area contributed by atoms with E-state index >= 15 is 0 Å². The van der Waals surface area contributed by atoms with E-state index in [2.05, 4.69) is 0 Å². The molecule has 0 atom stereocenters. The van der Waals surface area contributed by atoms with Crippen LogP contribution in [-0.4, -0.2) is 22.8 Å². The number of halogens is 1. The van der Waals surface area contributed by atoms with Crippen molar-refractivity contribution >= 4 is 28.9 Å². The molecular weight excluding hydrogens is 326 g/mol. The number of carbonyl (C=O) groups is 2. The Bertz CT molecular complexity index is 926. The zero-order valence-electron chi connectivity index (χ0n) is 13.4. The standard InChI is InChI=1S/C19H16ClNO3/c1-3-24-19(23)15-11-17(21-9-8-14(20)10-16(15)21)18(22)13-6-4-12(2)5-7-13/h4-11H,3H2,1-2H3. The summed E-state index contributed by atoms with van der Waals surface area (Å²) in [5.74, 6) is -0.636. The van der Waals surface area contributed by atoms with Gasteiger partial charge in [-0.05, 0) is 32.0 Å². The molecular formula is C19H16ClNO3. The molecule has 0 bridgehead atoms. The summed E-state index contributed by atoms with van der Waals surface area (Å²) in [5, 5.41) is 0.487. The number of ketones is 1. The molecule has 5 heteroatoms. The monoisotopic (exact) mass is 341 g/mol. The Morgan fingerprint density at radius 3 is 2.50 bits per heavy atom. The molecule has 0 aliphatic heterocycles. The first-order valence-corrected chi connectivity index (χ1v) is 7.98. The van der Waals surface area contributed by atoms with E-state index in [1.54, 1.807) is 47.9 Å². The van der Waals surface area contributed by atoms with Gasteiger partial charge in [0.2, 0.25) is 5.78 Å². The van der Waals surface area contributed by atoms with Gasteiger partial charge in [0.15, 0.2) is 0 Å². The van der Waals surface area contributed by atoms with Crippen LogP contribution in [0.1, 0.15) is 38.9 Å². The van der Waals surface area contributed by atoms with Gasteiger partial charge in [0.25, 0.3) is 0 Å². The smallest absolute Gasteiger partial charge is 0.340 e. The Morgan fingerprint density at radius 2 is 1.83 bits per heavy atom. The molecule has 0 saturated carbocycles. The van der Waals surface area contributed by atoms with E-state index in [-0.39, 0.29) is 12.4 Å². The largest absolute Gasteiger partial charge is 0.462 e. The number of rotatable bonds is 4. The molecule has 0 fully saturated rings. The molecule has 4 nitrogen and oxygen atoms in total. The third-order valence-electron chi connectivity index (χ3n) is 3.78. The van der Waals surface area contributed by atoms with Gasteiger partial charge in [-0.1, -0.05) is 41.4 Å². The normalized spacial score (nSPS) is 10.8.